The normalized spacial score (nSPS) is 16.8. The molecule has 0 unspecified atom stereocenters. The van der Waals surface area contributed by atoms with E-state index in [2.05, 4.69) is 9.55 Å². The predicted octanol–water partition coefficient (Wildman–Crippen LogP) is 8.65. The molecule has 6 aromatic rings. The Hall–Kier alpha value is -5.25. The van der Waals surface area contributed by atoms with Crippen LogP contribution >= 0.6 is 0 Å². The average Bonchev–Trinajstić information content (AvgIpc) is 3.44. The molecule has 10 heteroatoms. The van der Waals surface area contributed by atoms with E-state index in [-0.39, 0.29) is 12.5 Å². The van der Waals surface area contributed by atoms with Crippen LogP contribution in [0.1, 0.15) is 54.4 Å². The van der Waals surface area contributed by atoms with E-state index in [1.54, 1.807) is 0 Å². The molecule has 3 heterocycles. The summed E-state index contributed by atoms with van der Waals surface area (Å²) >= 11 is 0. The Kier molecular flexibility index (Phi) is 8.09. The highest BCUT2D eigenvalue weighted by Crippen LogP contribution is 2.40. The Labute approximate surface area is 268 Å². The van der Waals surface area contributed by atoms with Crippen LogP contribution in [-0.4, -0.2) is 30.6 Å². The fourth-order valence-electron chi connectivity index (χ4n) is 6.51. The molecule has 0 radical (unpaired) electrons. The first-order valence-electron chi connectivity index (χ1n) is 15.6. The van der Waals surface area contributed by atoms with Crippen molar-refractivity contribution in [3.63, 3.8) is 0 Å². The molecule has 0 aliphatic heterocycles. The van der Waals surface area contributed by atoms with Crippen molar-refractivity contribution < 1.29 is 27.8 Å². The smallest absolute Gasteiger partial charge is 0.433 e. The molecule has 3 aromatic carbocycles. The summed E-state index contributed by atoms with van der Waals surface area (Å²) in [7, 11) is 0. The van der Waals surface area contributed by atoms with Crippen molar-refractivity contribution >= 4 is 27.9 Å². The van der Waals surface area contributed by atoms with E-state index in [4.69, 9.17) is 14.7 Å². The first-order chi connectivity index (χ1) is 22.7. The molecule has 1 saturated carbocycles. The van der Waals surface area contributed by atoms with Gasteiger partial charge in [0, 0.05) is 35.7 Å². The molecular weight excluding hydrogens is 605 g/mol. The molecule has 3 aromatic heterocycles. The lowest BCUT2D eigenvalue weighted by Gasteiger charge is -2.28. The molecule has 0 spiro atoms. The summed E-state index contributed by atoms with van der Waals surface area (Å²) in [6, 6.07) is 27.5. The molecule has 1 aliphatic carbocycles. The van der Waals surface area contributed by atoms with Crippen LogP contribution in [0.4, 0.5) is 13.2 Å². The lowest BCUT2D eigenvalue weighted by molar-refractivity contribution is -0.143. The molecule has 2 atom stereocenters. The maximum Gasteiger partial charge on any atom is 0.433 e. The number of para-hydroxylation sites is 1. The summed E-state index contributed by atoms with van der Waals surface area (Å²) < 4.78 is 47.4. The fourth-order valence-corrected chi connectivity index (χ4v) is 6.51. The zero-order valence-electron chi connectivity index (χ0n) is 25.3. The number of aliphatic carboxylic acids is 1. The number of nitrogens with zero attached hydrogens (tertiary/aromatic N) is 4. The van der Waals surface area contributed by atoms with Gasteiger partial charge >= 0.3 is 12.1 Å². The van der Waals surface area contributed by atoms with Crippen LogP contribution in [0.25, 0.3) is 33.1 Å². The van der Waals surface area contributed by atoms with Crippen molar-refractivity contribution in [1.82, 2.24) is 19.5 Å². The number of carboxylic acid groups (broad SMARTS) is 1. The van der Waals surface area contributed by atoms with Crippen molar-refractivity contribution in [2.75, 3.05) is 0 Å². The van der Waals surface area contributed by atoms with Crippen molar-refractivity contribution in [1.29, 1.82) is 0 Å². The first-order valence-corrected chi connectivity index (χ1v) is 15.6. The summed E-state index contributed by atoms with van der Waals surface area (Å²) in [5, 5.41) is 11.2. The highest BCUT2D eigenvalue weighted by molar-refractivity contribution is 5.79. The van der Waals surface area contributed by atoms with Gasteiger partial charge in [0.1, 0.15) is 23.9 Å². The number of benzene rings is 3. The molecule has 7 rings (SSSR count). The average molecular weight is 637 g/mol. The van der Waals surface area contributed by atoms with Gasteiger partial charge in [0.25, 0.3) is 0 Å². The number of halogens is 3. The molecule has 47 heavy (non-hydrogen) atoms. The lowest BCUT2D eigenvalue weighted by Crippen LogP contribution is -2.27. The van der Waals surface area contributed by atoms with E-state index in [0.717, 1.165) is 52.1 Å². The minimum atomic E-state index is -4.51. The summed E-state index contributed by atoms with van der Waals surface area (Å²) in [6.45, 7) is 0.678. The highest BCUT2D eigenvalue weighted by atomic mass is 19.4. The number of pyridine rings is 2. The predicted molar refractivity (Wildman–Crippen MR) is 172 cm³/mol. The van der Waals surface area contributed by atoms with Gasteiger partial charge in [-0.1, -0.05) is 61.4 Å². The number of aromatic nitrogens is 4. The van der Waals surface area contributed by atoms with Crippen LogP contribution in [-0.2, 0) is 24.1 Å². The quantitative estimate of drug-likeness (QED) is 0.180. The highest BCUT2D eigenvalue weighted by Gasteiger charge is 2.35. The molecule has 1 aliphatic rings. The Balaban J connectivity index is 1.21. The summed E-state index contributed by atoms with van der Waals surface area (Å²) in [4.78, 5) is 25.7. The van der Waals surface area contributed by atoms with Gasteiger partial charge in [0.2, 0.25) is 0 Å². The van der Waals surface area contributed by atoms with Gasteiger partial charge in [-0.05, 0) is 60.4 Å². The van der Waals surface area contributed by atoms with E-state index < -0.39 is 23.8 Å². The third kappa shape index (κ3) is 6.40. The number of carboxylic acids is 1. The zero-order valence-corrected chi connectivity index (χ0v) is 25.3. The van der Waals surface area contributed by atoms with Crippen molar-refractivity contribution in [2.45, 2.75) is 50.9 Å². The van der Waals surface area contributed by atoms with E-state index in [1.165, 1.54) is 12.3 Å². The summed E-state index contributed by atoms with van der Waals surface area (Å²) in [6.07, 6.45) is -0.195. The molecular formula is C37H31F3N4O3. The van der Waals surface area contributed by atoms with Crippen LogP contribution < -0.4 is 4.74 Å². The number of ether oxygens (including phenoxy) is 1. The van der Waals surface area contributed by atoms with Gasteiger partial charge in [-0.3, -0.25) is 9.78 Å². The second-order valence-corrected chi connectivity index (χ2v) is 12.0. The van der Waals surface area contributed by atoms with Crippen LogP contribution in [0.2, 0.25) is 0 Å². The van der Waals surface area contributed by atoms with E-state index in [9.17, 15) is 23.1 Å². The van der Waals surface area contributed by atoms with Crippen LogP contribution in [0, 0.1) is 5.92 Å². The van der Waals surface area contributed by atoms with Crippen LogP contribution in [0.3, 0.4) is 0 Å². The third-order valence-corrected chi connectivity index (χ3v) is 8.86. The number of alkyl halides is 3. The number of hydrogen-bond donors (Lipinski definition) is 1. The zero-order chi connectivity index (χ0) is 32.5. The van der Waals surface area contributed by atoms with Gasteiger partial charge in [0.15, 0.2) is 0 Å². The monoisotopic (exact) mass is 636 g/mol. The van der Waals surface area contributed by atoms with Gasteiger partial charge in [0.05, 0.1) is 28.2 Å². The Morgan fingerprint density at radius 3 is 2.53 bits per heavy atom. The van der Waals surface area contributed by atoms with Gasteiger partial charge in [-0.25, -0.2) is 9.97 Å². The second-order valence-electron chi connectivity index (χ2n) is 12.0. The van der Waals surface area contributed by atoms with E-state index >= 15 is 0 Å². The third-order valence-electron chi connectivity index (χ3n) is 8.86. The molecule has 1 N–H and O–H groups in total. The number of imidazole rings is 1. The molecule has 0 saturated heterocycles. The van der Waals surface area contributed by atoms with Gasteiger partial charge < -0.3 is 14.4 Å². The number of rotatable bonds is 8. The maximum atomic E-state index is 13.1. The molecule has 7 nitrogen and oxygen atoms in total. The van der Waals surface area contributed by atoms with Crippen molar-refractivity contribution in [2.24, 2.45) is 5.92 Å². The maximum absolute atomic E-state index is 13.1. The first kappa shape index (κ1) is 30.4. The Morgan fingerprint density at radius 2 is 1.72 bits per heavy atom. The minimum absolute atomic E-state index is 0.262. The molecule has 0 amide bonds. The second kappa shape index (κ2) is 12.5. The van der Waals surface area contributed by atoms with Gasteiger partial charge in [-0.2, -0.15) is 13.2 Å². The molecule has 238 valence electrons. The van der Waals surface area contributed by atoms with Crippen molar-refractivity contribution in [3.05, 3.63) is 120 Å². The van der Waals surface area contributed by atoms with Gasteiger partial charge in [-0.15, -0.1) is 0 Å². The number of fused-ring (bicyclic) bond motifs is 2. The number of hydrogen-bond acceptors (Lipinski definition) is 5. The van der Waals surface area contributed by atoms with E-state index in [1.807, 2.05) is 78.9 Å². The van der Waals surface area contributed by atoms with Crippen molar-refractivity contribution in [3.8, 4) is 16.9 Å². The topological polar surface area (TPSA) is 90.1 Å². The fraction of sp³-hybridized carbons (Fsp3) is 0.243. The summed E-state index contributed by atoms with van der Waals surface area (Å²) in [5.74, 6) is -0.293. The molecule has 0 bridgehead atoms. The number of carbonyl (C=O) groups is 1. The minimum Gasteiger partial charge on any atom is -0.487 e. The largest absolute Gasteiger partial charge is 0.487 e. The summed E-state index contributed by atoms with van der Waals surface area (Å²) in [5.41, 5.74) is 4.48. The lowest BCUT2D eigenvalue weighted by atomic mass is 9.78. The van der Waals surface area contributed by atoms with E-state index in [0.29, 0.717) is 42.0 Å². The Bertz CT molecular complexity index is 2070. The standard InChI is InChI=1S/C37H31F3N4O3/c38-37(39,40)34-17-13-26(20-41-34)25-8-5-6-23(18-25)21-44-33-16-15-28(47-22-27-14-12-24-7-1-4-11-31(24)42-27)19-32(33)43-35(44)29-9-2-3-10-30(29)36(45)46/h1,4-8,11-20,29-30H,2-3,9-10,21-22H2,(H,45,46)/t29-,30+/m1/s1. The Morgan fingerprint density at radius 1 is 0.872 bits per heavy atom. The molecule has 1 fully saturated rings. The van der Waals surface area contributed by atoms with Crippen LogP contribution in [0.5, 0.6) is 5.75 Å². The SMILES string of the molecule is O=C(O)[C@H]1CCCC[C@H]1c1nc2cc(OCc3ccc4ccccc4n3)ccc2n1Cc1cccc(-c2ccc(C(F)(F)F)nc2)c1. The van der Waals surface area contributed by atoms with Crippen LogP contribution in [0.15, 0.2) is 97.2 Å².